The van der Waals surface area contributed by atoms with Crippen LogP contribution in [0.5, 0.6) is 5.75 Å². The number of hydrogen-bond donors (Lipinski definition) is 1. The van der Waals surface area contributed by atoms with Gasteiger partial charge in [-0.25, -0.2) is 4.98 Å². The highest BCUT2D eigenvalue weighted by Gasteiger charge is 2.14. The van der Waals surface area contributed by atoms with Crippen molar-refractivity contribution in [1.82, 2.24) is 4.98 Å². The van der Waals surface area contributed by atoms with E-state index in [2.05, 4.69) is 16.4 Å². The third-order valence-electron chi connectivity index (χ3n) is 3.65. The van der Waals surface area contributed by atoms with Crippen molar-refractivity contribution < 1.29 is 9.53 Å². The minimum atomic E-state index is -0.0318. The quantitative estimate of drug-likeness (QED) is 0.780. The van der Waals surface area contributed by atoms with Crippen molar-refractivity contribution in [2.24, 2.45) is 0 Å². The van der Waals surface area contributed by atoms with E-state index in [0.717, 1.165) is 34.9 Å². The molecule has 3 heterocycles. The number of rotatable bonds is 4. The van der Waals surface area contributed by atoms with E-state index in [0.29, 0.717) is 11.6 Å². The molecule has 0 fully saturated rings. The number of anilines is 1. The van der Waals surface area contributed by atoms with E-state index in [1.165, 1.54) is 16.9 Å². The van der Waals surface area contributed by atoms with Crippen molar-refractivity contribution >= 4 is 33.7 Å². The molecule has 116 valence electrons. The lowest BCUT2D eigenvalue weighted by Gasteiger charge is -2.02. The lowest BCUT2D eigenvalue weighted by atomic mass is 10.1. The van der Waals surface area contributed by atoms with E-state index in [1.807, 2.05) is 35.0 Å². The first-order chi connectivity index (χ1) is 11.3. The van der Waals surface area contributed by atoms with Gasteiger partial charge in [0.15, 0.2) is 5.13 Å². The second-order valence-electron chi connectivity index (χ2n) is 5.26. The Balaban J connectivity index is 1.47. The molecule has 1 aromatic carbocycles. The van der Waals surface area contributed by atoms with Crippen molar-refractivity contribution in [2.45, 2.75) is 12.8 Å². The second kappa shape index (κ2) is 6.14. The molecule has 0 unspecified atom stereocenters. The first-order valence-corrected chi connectivity index (χ1v) is 9.08. The molecule has 3 aromatic rings. The summed E-state index contributed by atoms with van der Waals surface area (Å²) < 4.78 is 5.52. The summed E-state index contributed by atoms with van der Waals surface area (Å²) in [6, 6.07) is 10.0. The summed E-state index contributed by atoms with van der Waals surface area (Å²) in [6.07, 6.45) is 1.33. The standard InChI is InChI=1S/C17H14N2O2S2/c20-16(9-13-2-1-7-22-13)19-17-18-14(10-23-17)11-3-4-15-12(8-11)5-6-21-15/h1-4,7-8,10H,5-6,9H2,(H,18,19,20). The van der Waals surface area contributed by atoms with Gasteiger partial charge in [-0.2, -0.15) is 0 Å². The smallest absolute Gasteiger partial charge is 0.231 e. The number of hydrogen-bond acceptors (Lipinski definition) is 5. The number of fused-ring (bicyclic) bond motifs is 1. The van der Waals surface area contributed by atoms with E-state index in [1.54, 1.807) is 11.3 Å². The van der Waals surface area contributed by atoms with Crippen LogP contribution in [0.25, 0.3) is 11.3 Å². The van der Waals surface area contributed by atoms with E-state index < -0.39 is 0 Å². The Morgan fingerprint density at radius 3 is 3.13 bits per heavy atom. The van der Waals surface area contributed by atoms with E-state index in [4.69, 9.17) is 4.74 Å². The van der Waals surface area contributed by atoms with Crippen LogP contribution in [0.2, 0.25) is 0 Å². The molecule has 23 heavy (non-hydrogen) atoms. The van der Waals surface area contributed by atoms with Crippen LogP contribution in [0.4, 0.5) is 5.13 Å². The van der Waals surface area contributed by atoms with Gasteiger partial charge < -0.3 is 10.1 Å². The molecule has 0 aliphatic carbocycles. The molecule has 6 heteroatoms. The molecule has 0 atom stereocenters. The van der Waals surface area contributed by atoms with Gasteiger partial charge in [-0.05, 0) is 35.2 Å². The summed E-state index contributed by atoms with van der Waals surface area (Å²) in [4.78, 5) is 17.6. The first-order valence-electron chi connectivity index (χ1n) is 7.32. The number of thiophene rings is 1. The number of ether oxygens (including phenoxy) is 1. The third-order valence-corrected chi connectivity index (χ3v) is 5.28. The highest BCUT2D eigenvalue weighted by Crippen LogP contribution is 2.31. The van der Waals surface area contributed by atoms with Gasteiger partial charge in [0, 0.05) is 22.2 Å². The molecule has 1 aliphatic heterocycles. The molecule has 0 radical (unpaired) electrons. The average molecular weight is 342 g/mol. The Bertz CT molecular complexity index is 840. The molecule has 0 spiro atoms. The molecule has 0 saturated heterocycles. The third kappa shape index (κ3) is 3.13. The molecule has 0 bridgehead atoms. The topological polar surface area (TPSA) is 51.2 Å². The average Bonchev–Trinajstić information content (AvgIpc) is 3.27. The normalized spacial score (nSPS) is 12.7. The Morgan fingerprint density at radius 1 is 1.30 bits per heavy atom. The first kappa shape index (κ1) is 14.4. The monoisotopic (exact) mass is 342 g/mol. The lowest BCUT2D eigenvalue weighted by Crippen LogP contribution is -2.13. The highest BCUT2D eigenvalue weighted by molar-refractivity contribution is 7.14. The SMILES string of the molecule is O=C(Cc1cccs1)Nc1nc(-c2ccc3c(c2)CCO3)cs1. The van der Waals surface area contributed by atoms with Crippen LogP contribution in [0, 0.1) is 0 Å². The zero-order chi connectivity index (χ0) is 15.6. The second-order valence-corrected chi connectivity index (χ2v) is 7.15. The minimum absolute atomic E-state index is 0.0318. The van der Waals surface area contributed by atoms with Gasteiger partial charge in [-0.1, -0.05) is 6.07 Å². The lowest BCUT2D eigenvalue weighted by molar-refractivity contribution is -0.115. The Morgan fingerprint density at radius 2 is 2.26 bits per heavy atom. The van der Waals surface area contributed by atoms with Gasteiger partial charge in [0.05, 0.1) is 18.7 Å². The van der Waals surface area contributed by atoms with Crippen molar-refractivity contribution in [3.63, 3.8) is 0 Å². The maximum atomic E-state index is 12.0. The van der Waals surface area contributed by atoms with Crippen LogP contribution in [0.3, 0.4) is 0 Å². The summed E-state index contributed by atoms with van der Waals surface area (Å²) in [5, 5.41) is 7.45. The summed E-state index contributed by atoms with van der Waals surface area (Å²) in [5.41, 5.74) is 3.17. The van der Waals surface area contributed by atoms with Crippen molar-refractivity contribution in [1.29, 1.82) is 0 Å². The summed E-state index contributed by atoms with van der Waals surface area (Å²) in [6.45, 7) is 0.750. The molecule has 0 saturated carbocycles. The maximum Gasteiger partial charge on any atom is 0.231 e. The number of amides is 1. The predicted molar refractivity (Wildman–Crippen MR) is 93.4 cm³/mol. The predicted octanol–water partition coefficient (Wildman–Crippen LogP) is 3.99. The number of benzene rings is 1. The van der Waals surface area contributed by atoms with E-state index in [-0.39, 0.29) is 5.91 Å². The summed E-state index contributed by atoms with van der Waals surface area (Å²) >= 11 is 3.03. The van der Waals surface area contributed by atoms with Gasteiger partial charge >= 0.3 is 0 Å². The minimum Gasteiger partial charge on any atom is -0.493 e. The molecule has 2 aromatic heterocycles. The molecular weight excluding hydrogens is 328 g/mol. The van der Waals surface area contributed by atoms with Crippen molar-refractivity contribution in [3.05, 3.63) is 51.5 Å². The Kier molecular flexibility index (Phi) is 3.85. The van der Waals surface area contributed by atoms with E-state index >= 15 is 0 Å². The summed E-state index contributed by atoms with van der Waals surface area (Å²) in [5.74, 6) is 0.934. The number of carbonyl (C=O) groups is 1. The van der Waals surface area contributed by atoms with Crippen molar-refractivity contribution in [2.75, 3.05) is 11.9 Å². The molecular formula is C17H14N2O2S2. The fraction of sp³-hybridized carbons (Fsp3) is 0.176. The van der Waals surface area contributed by atoms with Crippen LogP contribution in [-0.4, -0.2) is 17.5 Å². The Hall–Kier alpha value is -2.18. The zero-order valence-electron chi connectivity index (χ0n) is 12.2. The van der Waals surface area contributed by atoms with Crippen LogP contribution in [0.15, 0.2) is 41.1 Å². The summed E-state index contributed by atoms with van der Waals surface area (Å²) in [7, 11) is 0. The number of carbonyl (C=O) groups excluding carboxylic acids is 1. The van der Waals surface area contributed by atoms with Gasteiger partial charge in [0.2, 0.25) is 5.91 Å². The van der Waals surface area contributed by atoms with Crippen LogP contribution in [-0.2, 0) is 17.6 Å². The molecule has 1 N–H and O–H groups in total. The maximum absolute atomic E-state index is 12.0. The fourth-order valence-corrected chi connectivity index (χ4v) is 3.98. The van der Waals surface area contributed by atoms with Crippen molar-refractivity contribution in [3.8, 4) is 17.0 Å². The van der Waals surface area contributed by atoms with Gasteiger partial charge in [-0.15, -0.1) is 22.7 Å². The molecule has 4 nitrogen and oxygen atoms in total. The molecule has 1 aliphatic rings. The fourth-order valence-electron chi connectivity index (χ4n) is 2.54. The highest BCUT2D eigenvalue weighted by atomic mass is 32.1. The van der Waals surface area contributed by atoms with Crippen LogP contribution in [0.1, 0.15) is 10.4 Å². The van der Waals surface area contributed by atoms with Crippen LogP contribution < -0.4 is 10.1 Å². The van der Waals surface area contributed by atoms with E-state index in [9.17, 15) is 4.79 Å². The molecule has 1 amide bonds. The van der Waals surface area contributed by atoms with Gasteiger partial charge in [-0.3, -0.25) is 4.79 Å². The van der Waals surface area contributed by atoms with Gasteiger partial charge in [0.1, 0.15) is 5.75 Å². The zero-order valence-corrected chi connectivity index (χ0v) is 13.9. The van der Waals surface area contributed by atoms with Crippen LogP contribution >= 0.6 is 22.7 Å². The number of thiazole rings is 1. The number of nitrogens with zero attached hydrogens (tertiary/aromatic N) is 1. The largest absolute Gasteiger partial charge is 0.493 e. The molecule has 4 rings (SSSR count). The number of aromatic nitrogens is 1. The van der Waals surface area contributed by atoms with Gasteiger partial charge in [0.25, 0.3) is 0 Å². The number of nitrogens with one attached hydrogen (secondary N) is 1. The Labute approximate surface area is 141 Å².